The zero-order chi connectivity index (χ0) is 15.1. The zero-order valence-electron chi connectivity index (χ0n) is 12.1. The van der Waals surface area contributed by atoms with E-state index >= 15 is 0 Å². The molecule has 1 aromatic carbocycles. The van der Waals surface area contributed by atoms with Gasteiger partial charge in [0.25, 0.3) is 0 Å². The molecule has 112 valence electrons. The van der Waals surface area contributed by atoms with E-state index in [9.17, 15) is 13.5 Å². The molecule has 0 radical (unpaired) electrons. The van der Waals surface area contributed by atoms with Crippen molar-refractivity contribution in [2.75, 3.05) is 19.3 Å². The smallest absolute Gasteiger partial charge is 0.243 e. The standard InChI is InChI=1S/C14H22N2O3S/c1-9-4-12(15)7-14(10(9)2)20(18,19)16(3)8-11-5-13(17)6-11/h4,7,11,13,17H,5-6,8,15H2,1-3H3. The summed E-state index contributed by atoms with van der Waals surface area (Å²) in [5, 5.41) is 9.28. The van der Waals surface area contributed by atoms with Crippen LogP contribution in [-0.4, -0.2) is 37.5 Å². The van der Waals surface area contributed by atoms with Crippen LogP contribution in [0.3, 0.4) is 0 Å². The van der Waals surface area contributed by atoms with E-state index in [0.717, 1.165) is 11.1 Å². The minimum atomic E-state index is -3.53. The molecule has 0 spiro atoms. The summed E-state index contributed by atoms with van der Waals surface area (Å²) in [5.74, 6) is 0.243. The summed E-state index contributed by atoms with van der Waals surface area (Å²) in [6.07, 6.45) is 1.08. The Balaban J connectivity index is 2.25. The van der Waals surface area contributed by atoms with Crippen molar-refractivity contribution in [3.05, 3.63) is 23.3 Å². The number of nitrogens with two attached hydrogens (primary N) is 1. The summed E-state index contributed by atoms with van der Waals surface area (Å²) in [7, 11) is -1.95. The lowest BCUT2D eigenvalue weighted by atomic mass is 9.82. The highest BCUT2D eigenvalue weighted by Crippen LogP contribution is 2.30. The Bertz CT molecular complexity index is 607. The number of aliphatic hydroxyl groups is 1. The summed E-state index contributed by atoms with van der Waals surface area (Å²) in [6, 6.07) is 3.29. The molecule has 0 amide bonds. The summed E-state index contributed by atoms with van der Waals surface area (Å²) in [4.78, 5) is 0.275. The van der Waals surface area contributed by atoms with Gasteiger partial charge < -0.3 is 10.8 Å². The van der Waals surface area contributed by atoms with E-state index < -0.39 is 10.0 Å². The van der Waals surface area contributed by atoms with Crippen molar-refractivity contribution in [1.29, 1.82) is 0 Å². The predicted octanol–water partition coefficient (Wildman–Crippen LogP) is 1.28. The number of rotatable bonds is 4. The van der Waals surface area contributed by atoms with Gasteiger partial charge in [-0.1, -0.05) is 0 Å². The number of sulfonamides is 1. The molecule has 5 nitrogen and oxygen atoms in total. The predicted molar refractivity (Wildman–Crippen MR) is 78.9 cm³/mol. The Kier molecular flexibility index (Phi) is 4.09. The quantitative estimate of drug-likeness (QED) is 0.820. The second-order valence-electron chi connectivity index (χ2n) is 5.74. The van der Waals surface area contributed by atoms with E-state index in [-0.39, 0.29) is 16.9 Å². The summed E-state index contributed by atoms with van der Waals surface area (Å²) < 4.78 is 26.6. The molecule has 1 fully saturated rings. The fourth-order valence-corrected chi connectivity index (χ4v) is 4.18. The SMILES string of the molecule is Cc1cc(N)cc(S(=O)(=O)N(C)CC2CC(O)C2)c1C. The molecule has 0 unspecified atom stereocenters. The highest BCUT2D eigenvalue weighted by atomic mass is 32.2. The second-order valence-corrected chi connectivity index (χ2v) is 7.75. The van der Waals surface area contributed by atoms with E-state index in [1.165, 1.54) is 10.4 Å². The fourth-order valence-electron chi connectivity index (χ4n) is 2.60. The van der Waals surface area contributed by atoms with Crippen molar-refractivity contribution >= 4 is 15.7 Å². The molecule has 0 atom stereocenters. The van der Waals surface area contributed by atoms with Gasteiger partial charge in [0.1, 0.15) is 0 Å². The summed E-state index contributed by atoms with van der Waals surface area (Å²) in [5.41, 5.74) is 7.83. The van der Waals surface area contributed by atoms with Crippen LogP contribution in [0.25, 0.3) is 0 Å². The van der Waals surface area contributed by atoms with Crippen molar-refractivity contribution < 1.29 is 13.5 Å². The van der Waals surface area contributed by atoms with Crippen molar-refractivity contribution in [3.63, 3.8) is 0 Å². The molecular formula is C14H22N2O3S. The van der Waals surface area contributed by atoms with Crippen LogP contribution in [0.1, 0.15) is 24.0 Å². The van der Waals surface area contributed by atoms with Gasteiger partial charge in [0.05, 0.1) is 11.0 Å². The molecule has 1 aromatic rings. The van der Waals surface area contributed by atoms with E-state index in [4.69, 9.17) is 5.73 Å². The van der Waals surface area contributed by atoms with Crippen molar-refractivity contribution in [3.8, 4) is 0 Å². The number of aryl methyl sites for hydroxylation is 1. The molecular weight excluding hydrogens is 276 g/mol. The summed E-state index contributed by atoms with van der Waals surface area (Å²) in [6.45, 7) is 4.09. The average molecular weight is 298 g/mol. The number of nitrogen functional groups attached to an aromatic ring is 1. The maximum absolute atomic E-state index is 12.6. The minimum Gasteiger partial charge on any atom is -0.399 e. The first-order valence-corrected chi connectivity index (χ1v) is 8.17. The number of aliphatic hydroxyl groups excluding tert-OH is 1. The second kappa shape index (κ2) is 5.35. The first kappa shape index (κ1) is 15.3. The van der Waals surface area contributed by atoms with Gasteiger partial charge >= 0.3 is 0 Å². The molecule has 0 bridgehead atoms. The number of anilines is 1. The molecule has 1 aliphatic rings. The summed E-state index contributed by atoms with van der Waals surface area (Å²) >= 11 is 0. The lowest BCUT2D eigenvalue weighted by Crippen LogP contribution is -2.39. The number of nitrogens with zero attached hydrogens (tertiary/aromatic N) is 1. The molecule has 0 heterocycles. The molecule has 0 saturated heterocycles. The van der Waals surface area contributed by atoms with Crippen LogP contribution in [-0.2, 0) is 10.0 Å². The van der Waals surface area contributed by atoms with E-state index in [1.807, 2.05) is 6.92 Å². The van der Waals surface area contributed by atoms with Gasteiger partial charge in [0.2, 0.25) is 10.0 Å². The molecule has 1 aliphatic carbocycles. The van der Waals surface area contributed by atoms with Crippen LogP contribution in [0.15, 0.2) is 17.0 Å². The lowest BCUT2D eigenvalue weighted by Gasteiger charge is -2.34. The van der Waals surface area contributed by atoms with Gasteiger partial charge in [-0.05, 0) is 55.9 Å². The first-order valence-electron chi connectivity index (χ1n) is 6.73. The average Bonchev–Trinajstić information content (AvgIpc) is 2.31. The molecule has 6 heteroatoms. The van der Waals surface area contributed by atoms with Gasteiger partial charge in [-0.15, -0.1) is 0 Å². The Morgan fingerprint density at radius 3 is 2.50 bits per heavy atom. The normalized spacial score (nSPS) is 22.9. The van der Waals surface area contributed by atoms with Crippen molar-refractivity contribution in [1.82, 2.24) is 4.31 Å². The highest BCUT2D eigenvalue weighted by Gasteiger charge is 2.32. The van der Waals surface area contributed by atoms with Crippen LogP contribution in [0.2, 0.25) is 0 Å². The number of hydrogen-bond donors (Lipinski definition) is 2. The van der Waals surface area contributed by atoms with Crippen LogP contribution < -0.4 is 5.73 Å². The largest absolute Gasteiger partial charge is 0.399 e. The monoisotopic (exact) mass is 298 g/mol. The maximum atomic E-state index is 12.6. The van der Waals surface area contributed by atoms with E-state index in [1.54, 1.807) is 20.0 Å². The third-order valence-corrected chi connectivity index (χ3v) is 6.01. The Morgan fingerprint density at radius 1 is 1.35 bits per heavy atom. The molecule has 20 heavy (non-hydrogen) atoms. The topological polar surface area (TPSA) is 83.6 Å². The van der Waals surface area contributed by atoms with Crippen LogP contribution in [0.5, 0.6) is 0 Å². The van der Waals surface area contributed by atoms with E-state index in [2.05, 4.69) is 0 Å². The van der Waals surface area contributed by atoms with Crippen LogP contribution >= 0.6 is 0 Å². The maximum Gasteiger partial charge on any atom is 0.243 e. The Morgan fingerprint density at radius 2 is 1.95 bits per heavy atom. The lowest BCUT2D eigenvalue weighted by molar-refractivity contribution is 0.0367. The Labute approximate surface area is 120 Å². The molecule has 1 saturated carbocycles. The fraction of sp³-hybridized carbons (Fsp3) is 0.571. The molecule has 0 aliphatic heterocycles. The third-order valence-electron chi connectivity index (χ3n) is 4.06. The van der Waals surface area contributed by atoms with Gasteiger partial charge in [0.15, 0.2) is 0 Å². The molecule has 0 aromatic heterocycles. The van der Waals surface area contributed by atoms with Gasteiger partial charge in [-0.25, -0.2) is 12.7 Å². The molecule has 2 rings (SSSR count). The first-order chi connectivity index (χ1) is 9.21. The molecule has 3 N–H and O–H groups in total. The Hall–Kier alpha value is -1.11. The van der Waals surface area contributed by atoms with Gasteiger partial charge in [-0.2, -0.15) is 0 Å². The minimum absolute atomic E-state index is 0.243. The van der Waals surface area contributed by atoms with Crippen LogP contribution in [0.4, 0.5) is 5.69 Å². The van der Waals surface area contributed by atoms with Gasteiger partial charge in [0, 0.05) is 19.3 Å². The third kappa shape index (κ3) is 2.82. The highest BCUT2D eigenvalue weighted by molar-refractivity contribution is 7.89. The van der Waals surface area contributed by atoms with E-state index in [0.29, 0.717) is 25.1 Å². The number of benzene rings is 1. The zero-order valence-corrected chi connectivity index (χ0v) is 12.9. The van der Waals surface area contributed by atoms with Crippen molar-refractivity contribution in [2.24, 2.45) is 5.92 Å². The van der Waals surface area contributed by atoms with Gasteiger partial charge in [-0.3, -0.25) is 0 Å². The number of hydrogen-bond acceptors (Lipinski definition) is 4. The van der Waals surface area contributed by atoms with Crippen LogP contribution in [0, 0.1) is 19.8 Å². The van der Waals surface area contributed by atoms with Crippen molar-refractivity contribution in [2.45, 2.75) is 37.7 Å².